The van der Waals surface area contributed by atoms with E-state index < -0.39 is 0 Å². The molecule has 9 heteroatoms. The van der Waals surface area contributed by atoms with Gasteiger partial charge >= 0.3 is 5.97 Å². The number of carbonyl (C=O) groups is 3. The summed E-state index contributed by atoms with van der Waals surface area (Å²) in [6.45, 7) is 10.9. The Labute approximate surface area is 218 Å². The van der Waals surface area contributed by atoms with Gasteiger partial charge in [-0.2, -0.15) is 0 Å². The number of amidine groups is 1. The van der Waals surface area contributed by atoms with E-state index in [1.807, 2.05) is 33.8 Å². The van der Waals surface area contributed by atoms with Crippen molar-refractivity contribution in [2.24, 2.45) is 0 Å². The first-order valence-corrected chi connectivity index (χ1v) is 12.4. The van der Waals surface area contributed by atoms with Crippen molar-refractivity contribution in [3.63, 3.8) is 0 Å². The fraction of sp³-hybridized carbons (Fsp3) is 0.429. The molecule has 0 atom stereocenters. The predicted octanol–water partition coefficient (Wildman–Crippen LogP) is 3.74. The smallest absolute Gasteiger partial charge is 0.325 e. The second-order valence-corrected chi connectivity index (χ2v) is 9.81. The van der Waals surface area contributed by atoms with Crippen LogP contribution in [0.25, 0.3) is 0 Å². The molecule has 0 bridgehead atoms. The number of Topliss-reactive ketones (excluding diaryl/α,β-unsaturated/α-hetero) is 1. The normalized spacial score (nSPS) is 12.7. The molecule has 1 amide bonds. The first kappa shape index (κ1) is 27.7. The van der Waals surface area contributed by atoms with Gasteiger partial charge in [0.1, 0.15) is 18.1 Å². The van der Waals surface area contributed by atoms with Crippen molar-refractivity contribution in [2.45, 2.75) is 46.6 Å². The van der Waals surface area contributed by atoms with Gasteiger partial charge in [-0.15, -0.1) is 0 Å². The average Bonchev–Trinajstić information content (AvgIpc) is 3.15. The van der Waals surface area contributed by atoms with E-state index in [9.17, 15) is 14.4 Å². The molecular weight excluding hydrogens is 472 g/mol. The van der Waals surface area contributed by atoms with Crippen LogP contribution in [-0.2, 0) is 21.5 Å². The summed E-state index contributed by atoms with van der Waals surface area (Å²) in [5.41, 5.74) is 3.72. The Bertz CT molecular complexity index is 1220. The lowest BCUT2D eigenvalue weighted by molar-refractivity contribution is -0.140. The van der Waals surface area contributed by atoms with Gasteiger partial charge in [-0.25, -0.2) is 0 Å². The Balaban J connectivity index is 1.82. The summed E-state index contributed by atoms with van der Waals surface area (Å²) < 4.78 is 10.7. The Kier molecular flexibility index (Phi) is 8.57. The van der Waals surface area contributed by atoms with Gasteiger partial charge in [-0.3, -0.25) is 19.8 Å². The number of hydrogen-bond acceptors (Lipinski definition) is 7. The number of amides is 1. The van der Waals surface area contributed by atoms with Gasteiger partial charge in [-0.05, 0) is 60.7 Å². The molecule has 0 saturated heterocycles. The summed E-state index contributed by atoms with van der Waals surface area (Å²) in [6.07, 6.45) is 0. The van der Waals surface area contributed by atoms with Crippen molar-refractivity contribution >= 4 is 29.2 Å². The molecule has 2 aromatic rings. The van der Waals surface area contributed by atoms with Gasteiger partial charge in [0, 0.05) is 30.4 Å². The predicted molar refractivity (Wildman–Crippen MR) is 143 cm³/mol. The number of carbonyl (C=O) groups excluding carboxylic acids is 3. The van der Waals surface area contributed by atoms with Crippen molar-refractivity contribution < 1.29 is 23.9 Å². The van der Waals surface area contributed by atoms with Crippen molar-refractivity contribution in [1.82, 2.24) is 10.2 Å². The van der Waals surface area contributed by atoms with E-state index in [1.54, 1.807) is 43.1 Å². The van der Waals surface area contributed by atoms with Crippen LogP contribution in [0.15, 0.2) is 30.3 Å². The fourth-order valence-corrected chi connectivity index (χ4v) is 4.29. The van der Waals surface area contributed by atoms with Crippen molar-refractivity contribution in [3.05, 3.63) is 58.1 Å². The zero-order valence-electron chi connectivity index (χ0n) is 22.4. The second kappa shape index (κ2) is 11.5. The molecule has 2 aromatic carbocycles. The van der Waals surface area contributed by atoms with Crippen LogP contribution in [0.3, 0.4) is 0 Å². The van der Waals surface area contributed by atoms with Crippen LogP contribution in [0.4, 0.5) is 5.69 Å². The Morgan fingerprint density at radius 3 is 2.43 bits per heavy atom. The number of esters is 1. The highest BCUT2D eigenvalue weighted by Crippen LogP contribution is 2.33. The van der Waals surface area contributed by atoms with E-state index in [4.69, 9.17) is 14.9 Å². The van der Waals surface area contributed by atoms with E-state index in [2.05, 4.69) is 10.6 Å². The summed E-state index contributed by atoms with van der Waals surface area (Å²) >= 11 is 0. The third kappa shape index (κ3) is 6.28. The van der Waals surface area contributed by atoms with Crippen molar-refractivity contribution in [2.75, 3.05) is 38.7 Å². The van der Waals surface area contributed by atoms with Gasteiger partial charge < -0.3 is 25.0 Å². The minimum Gasteiger partial charge on any atom is -0.493 e. The van der Waals surface area contributed by atoms with E-state index in [1.165, 1.54) is 0 Å². The highest BCUT2D eigenvalue weighted by molar-refractivity contribution is 6.07. The topological polar surface area (TPSA) is 121 Å². The molecule has 0 unspecified atom stereocenters. The molecule has 0 saturated carbocycles. The highest BCUT2D eigenvalue weighted by atomic mass is 16.5. The van der Waals surface area contributed by atoms with Gasteiger partial charge in [0.05, 0.1) is 25.3 Å². The molecule has 0 aromatic heterocycles. The second-order valence-electron chi connectivity index (χ2n) is 9.81. The Morgan fingerprint density at radius 2 is 1.81 bits per heavy atom. The molecular formula is C28H36N4O5. The molecule has 0 radical (unpaired) electrons. The number of nitrogens with one attached hydrogen (secondary N) is 3. The maximum Gasteiger partial charge on any atom is 0.325 e. The fourth-order valence-electron chi connectivity index (χ4n) is 4.29. The number of rotatable bonds is 10. The lowest BCUT2D eigenvalue weighted by Gasteiger charge is -2.25. The average molecular weight is 509 g/mol. The summed E-state index contributed by atoms with van der Waals surface area (Å²) in [4.78, 5) is 39.2. The number of hydrogen-bond donors (Lipinski definition) is 3. The van der Waals surface area contributed by atoms with Crippen LogP contribution < -0.4 is 15.4 Å². The first-order valence-electron chi connectivity index (χ1n) is 12.4. The molecule has 3 rings (SSSR count). The third-order valence-electron chi connectivity index (χ3n) is 6.12. The van der Waals surface area contributed by atoms with Crippen LogP contribution in [0.1, 0.15) is 72.0 Å². The Morgan fingerprint density at radius 1 is 1.08 bits per heavy atom. The van der Waals surface area contributed by atoms with E-state index in [-0.39, 0.29) is 42.0 Å². The van der Waals surface area contributed by atoms with Crippen molar-refractivity contribution in [1.29, 1.82) is 5.41 Å². The zero-order valence-corrected chi connectivity index (χ0v) is 22.4. The van der Waals surface area contributed by atoms with Gasteiger partial charge in [0.2, 0.25) is 0 Å². The largest absolute Gasteiger partial charge is 0.493 e. The van der Waals surface area contributed by atoms with Crippen LogP contribution >= 0.6 is 0 Å². The number of ether oxygens (including phenoxy) is 2. The van der Waals surface area contributed by atoms with Gasteiger partial charge in [0.15, 0.2) is 5.78 Å². The SMILES string of the molecule is CCOC(=O)CNc1ccc(C(=O)CN2Cc3cc(OCC)c(C(=O)NC)cc3C2=N)cc1C(C)(C)C. The van der Waals surface area contributed by atoms with E-state index >= 15 is 0 Å². The van der Waals surface area contributed by atoms with Gasteiger partial charge in [-0.1, -0.05) is 20.8 Å². The van der Waals surface area contributed by atoms with Crippen LogP contribution in [-0.4, -0.2) is 61.7 Å². The maximum absolute atomic E-state index is 13.3. The number of benzene rings is 2. The number of fused-ring (bicyclic) bond motifs is 1. The lowest BCUT2D eigenvalue weighted by Crippen LogP contribution is -2.30. The van der Waals surface area contributed by atoms with E-state index in [0.717, 1.165) is 16.8 Å². The molecule has 1 aliphatic heterocycles. The molecule has 0 spiro atoms. The molecule has 0 aliphatic carbocycles. The maximum atomic E-state index is 13.3. The number of nitrogens with zero attached hydrogens (tertiary/aromatic N) is 1. The van der Waals surface area contributed by atoms with Crippen molar-refractivity contribution in [3.8, 4) is 5.75 Å². The standard InChI is InChI=1S/C28H36N4O5/c1-7-36-24-12-18-15-32(26(29)19(18)13-20(24)27(35)30-6)16-23(33)17-9-10-22(21(11-17)28(3,4)5)31-14-25(34)37-8-2/h9-13,29,31H,7-8,14-16H2,1-6H3,(H,30,35). The van der Waals surface area contributed by atoms with E-state index in [0.29, 0.717) is 42.2 Å². The summed E-state index contributed by atoms with van der Waals surface area (Å²) in [6, 6.07) is 8.83. The molecule has 37 heavy (non-hydrogen) atoms. The summed E-state index contributed by atoms with van der Waals surface area (Å²) in [5.74, 6) is -0.110. The Hall–Kier alpha value is -3.88. The molecule has 1 aliphatic rings. The van der Waals surface area contributed by atoms with Crippen LogP contribution in [0.5, 0.6) is 5.75 Å². The number of ketones is 1. The molecule has 1 heterocycles. The zero-order chi connectivity index (χ0) is 27.3. The third-order valence-corrected chi connectivity index (χ3v) is 6.12. The monoisotopic (exact) mass is 508 g/mol. The first-order chi connectivity index (χ1) is 17.5. The molecule has 3 N–H and O–H groups in total. The molecule has 0 fully saturated rings. The quantitative estimate of drug-likeness (QED) is 0.330. The van der Waals surface area contributed by atoms with Crippen LogP contribution in [0, 0.1) is 5.41 Å². The number of anilines is 1. The summed E-state index contributed by atoms with van der Waals surface area (Å²) in [5, 5.41) is 14.4. The molecule has 9 nitrogen and oxygen atoms in total. The molecule has 198 valence electrons. The summed E-state index contributed by atoms with van der Waals surface area (Å²) in [7, 11) is 1.55. The minimum atomic E-state index is -0.346. The van der Waals surface area contributed by atoms with Gasteiger partial charge in [0.25, 0.3) is 5.91 Å². The van der Waals surface area contributed by atoms with Crippen LogP contribution in [0.2, 0.25) is 0 Å². The highest BCUT2D eigenvalue weighted by Gasteiger charge is 2.30. The minimum absolute atomic E-state index is 0.0198. The lowest BCUT2D eigenvalue weighted by atomic mass is 9.84.